The van der Waals surface area contributed by atoms with Crippen LogP contribution in [0.1, 0.15) is 25.8 Å². The third kappa shape index (κ3) is 4.34. The maximum Gasteiger partial charge on any atom is 0.561 e. The molecule has 1 nitrogen and oxygen atoms in total. The third-order valence-electron chi connectivity index (χ3n) is 3.26. The Bertz CT molecular complexity index is 483. The molecule has 0 saturated heterocycles. The van der Waals surface area contributed by atoms with Crippen LogP contribution in [0, 0.1) is 0 Å². The standard InChI is InChI=1S/C17H20OSi/c1-3-17(2,19-16-12-8-5-9-13-16)18-14-15-10-6-4-7-11-15/h4-13H,3,14H2,1-2H3/q+1. The summed E-state index contributed by atoms with van der Waals surface area (Å²) in [6, 6.07) is 21.0. The summed E-state index contributed by atoms with van der Waals surface area (Å²) in [6.07, 6.45) is 1.02. The van der Waals surface area contributed by atoms with Gasteiger partial charge >= 0.3 is 9.52 Å². The molecular formula is C17H20OSi+. The highest BCUT2D eigenvalue weighted by Crippen LogP contribution is 2.16. The second kappa shape index (κ2) is 6.69. The molecule has 2 aromatic carbocycles. The number of hydrogen-bond acceptors (Lipinski definition) is 1. The van der Waals surface area contributed by atoms with Gasteiger partial charge in [-0.1, -0.05) is 55.5 Å². The highest BCUT2D eigenvalue weighted by atomic mass is 28.2. The predicted octanol–water partition coefficient (Wildman–Crippen LogP) is 3.36. The first-order valence-electron chi connectivity index (χ1n) is 6.73. The Morgan fingerprint density at radius 1 is 0.947 bits per heavy atom. The van der Waals surface area contributed by atoms with Crippen LogP contribution in [0.15, 0.2) is 60.7 Å². The van der Waals surface area contributed by atoms with Gasteiger partial charge in [0.1, 0.15) is 5.19 Å². The van der Waals surface area contributed by atoms with Crippen LogP contribution < -0.4 is 5.19 Å². The van der Waals surface area contributed by atoms with E-state index in [1.165, 1.54) is 10.8 Å². The minimum absolute atomic E-state index is 0.0722. The van der Waals surface area contributed by atoms with Gasteiger partial charge < -0.3 is 4.74 Å². The van der Waals surface area contributed by atoms with Crippen LogP contribution in [0.4, 0.5) is 0 Å². The summed E-state index contributed by atoms with van der Waals surface area (Å²) in [5.74, 6) is 0. The van der Waals surface area contributed by atoms with Crippen molar-refractivity contribution >= 4 is 14.7 Å². The summed E-state index contributed by atoms with van der Waals surface area (Å²) in [6.45, 7) is 5.09. The summed E-state index contributed by atoms with van der Waals surface area (Å²) in [5.41, 5.74) is 1.24. The molecule has 0 bridgehead atoms. The Kier molecular flexibility index (Phi) is 4.94. The maximum atomic E-state index is 6.18. The largest absolute Gasteiger partial charge is 0.561 e. The molecule has 0 saturated carbocycles. The van der Waals surface area contributed by atoms with Gasteiger partial charge in [0, 0.05) is 6.42 Å². The van der Waals surface area contributed by atoms with E-state index in [2.05, 4.69) is 68.4 Å². The molecule has 2 aromatic rings. The van der Waals surface area contributed by atoms with E-state index in [0.29, 0.717) is 16.1 Å². The van der Waals surface area contributed by atoms with E-state index >= 15 is 0 Å². The van der Waals surface area contributed by atoms with Gasteiger partial charge in [0.25, 0.3) is 0 Å². The van der Waals surface area contributed by atoms with Gasteiger partial charge in [-0.25, -0.2) is 0 Å². The molecule has 0 aromatic heterocycles. The van der Waals surface area contributed by atoms with E-state index in [9.17, 15) is 0 Å². The average molecular weight is 268 g/mol. The van der Waals surface area contributed by atoms with Gasteiger partial charge in [-0.3, -0.25) is 0 Å². The lowest BCUT2D eigenvalue weighted by atomic mass is 10.2. The molecule has 1 unspecified atom stereocenters. The van der Waals surface area contributed by atoms with E-state index in [4.69, 9.17) is 4.74 Å². The molecule has 0 heterocycles. The Labute approximate surface area is 118 Å². The van der Waals surface area contributed by atoms with Crippen LogP contribution in [0.2, 0.25) is 0 Å². The highest BCUT2D eigenvalue weighted by molar-refractivity contribution is 6.56. The lowest BCUT2D eigenvalue weighted by Crippen LogP contribution is -2.41. The van der Waals surface area contributed by atoms with Gasteiger partial charge in [-0.2, -0.15) is 0 Å². The van der Waals surface area contributed by atoms with Crippen molar-refractivity contribution in [3.63, 3.8) is 0 Å². The molecule has 0 N–H and O–H groups in total. The van der Waals surface area contributed by atoms with E-state index in [0.717, 1.165) is 6.42 Å². The molecule has 2 heteroatoms. The molecule has 19 heavy (non-hydrogen) atoms. The topological polar surface area (TPSA) is 9.23 Å². The lowest BCUT2D eigenvalue weighted by molar-refractivity contribution is 0.0152. The summed E-state index contributed by atoms with van der Waals surface area (Å²) in [4.78, 5) is 0. The smallest absolute Gasteiger partial charge is 0.340 e. The third-order valence-corrected chi connectivity index (χ3v) is 4.91. The van der Waals surface area contributed by atoms with Gasteiger partial charge in [-0.05, 0) is 24.6 Å². The molecule has 0 fully saturated rings. The van der Waals surface area contributed by atoms with Crippen molar-refractivity contribution in [1.82, 2.24) is 0 Å². The summed E-state index contributed by atoms with van der Waals surface area (Å²) in [5, 5.41) is 1.29. The lowest BCUT2D eigenvalue weighted by Gasteiger charge is -2.17. The van der Waals surface area contributed by atoms with Crippen molar-refractivity contribution in [2.45, 2.75) is 32.1 Å². The summed E-state index contributed by atoms with van der Waals surface area (Å²) in [7, 11) is 0.678. The molecule has 2 rings (SSSR count). The van der Waals surface area contributed by atoms with Gasteiger partial charge in [0.05, 0.1) is 6.61 Å². The maximum absolute atomic E-state index is 6.18. The Morgan fingerprint density at radius 3 is 2.11 bits per heavy atom. The van der Waals surface area contributed by atoms with Crippen LogP contribution in [-0.4, -0.2) is 14.7 Å². The summed E-state index contributed by atoms with van der Waals surface area (Å²) >= 11 is 0. The van der Waals surface area contributed by atoms with Gasteiger partial charge in [-0.15, -0.1) is 0 Å². The number of rotatable bonds is 6. The van der Waals surface area contributed by atoms with E-state index < -0.39 is 0 Å². The van der Waals surface area contributed by atoms with Gasteiger partial charge in [0.2, 0.25) is 5.22 Å². The zero-order valence-electron chi connectivity index (χ0n) is 11.6. The van der Waals surface area contributed by atoms with E-state index in [-0.39, 0.29) is 5.22 Å². The zero-order valence-corrected chi connectivity index (χ0v) is 12.6. The van der Waals surface area contributed by atoms with Crippen molar-refractivity contribution in [3.8, 4) is 0 Å². The zero-order chi connectivity index (χ0) is 13.6. The molecule has 0 aliphatic heterocycles. The average Bonchev–Trinajstić information content (AvgIpc) is 2.47. The Balaban J connectivity index is 1.98. The first kappa shape index (κ1) is 14.0. The van der Waals surface area contributed by atoms with Crippen LogP contribution in [-0.2, 0) is 11.3 Å². The minimum atomic E-state index is -0.0722. The molecule has 0 aliphatic carbocycles. The van der Waals surface area contributed by atoms with Crippen molar-refractivity contribution in [2.24, 2.45) is 0 Å². The molecule has 1 atom stereocenters. The van der Waals surface area contributed by atoms with Crippen molar-refractivity contribution in [3.05, 3.63) is 66.2 Å². The first-order valence-corrected chi connectivity index (χ1v) is 7.73. The van der Waals surface area contributed by atoms with Crippen LogP contribution in [0.25, 0.3) is 0 Å². The number of hydrogen-bond donors (Lipinski definition) is 0. The fourth-order valence-electron chi connectivity index (χ4n) is 1.87. The fourth-order valence-corrected chi connectivity index (χ4v) is 3.16. The van der Waals surface area contributed by atoms with Crippen LogP contribution in [0.5, 0.6) is 0 Å². The molecule has 97 valence electrons. The molecule has 0 spiro atoms. The molecule has 0 aliphatic rings. The normalized spacial score (nSPS) is 13.8. The number of ether oxygens (including phenoxy) is 1. The van der Waals surface area contributed by atoms with Crippen LogP contribution >= 0.6 is 0 Å². The Morgan fingerprint density at radius 2 is 1.53 bits per heavy atom. The van der Waals surface area contributed by atoms with E-state index in [1.54, 1.807) is 0 Å². The van der Waals surface area contributed by atoms with E-state index in [1.807, 2.05) is 6.07 Å². The van der Waals surface area contributed by atoms with Crippen molar-refractivity contribution in [2.75, 3.05) is 0 Å². The molecular weight excluding hydrogens is 248 g/mol. The molecule has 0 amide bonds. The summed E-state index contributed by atoms with van der Waals surface area (Å²) < 4.78 is 6.18. The first-order chi connectivity index (χ1) is 9.22. The quantitative estimate of drug-likeness (QED) is 0.730. The van der Waals surface area contributed by atoms with Crippen molar-refractivity contribution < 1.29 is 4.74 Å². The van der Waals surface area contributed by atoms with Gasteiger partial charge in [0.15, 0.2) is 0 Å². The number of benzene rings is 2. The van der Waals surface area contributed by atoms with Crippen molar-refractivity contribution in [1.29, 1.82) is 0 Å². The highest BCUT2D eigenvalue weighted by Gasteiger charge is 2.41. The second-order valence-corrected chi connectivity index (χ2v) is 6.73. The molecule has 1 radical (unpaired) electrons. The predicted molar refractivity (Wildman–Crippen MR) is 81.8 cm³/mol. The van der Waals surface area contributed by atoms with Crippen LogP contribution in [0.3, 0.4) is 0 Å². The monoisotopic (exact) mass is 268 g/mol. The SMILES string of the molecule is CCC(C)(OCc1ccccc1)[Si+]c1ccccc1. The minimum Gasteiger partial charge on any atom is -0.340 e. The fraction of sp³-hybridized carbons (Fsp3) is 0.294. The second-order valence-electron chi connectivity index (χ2n) is 4.85. The Hall–Kier alpha value is -1.38.